The van der Waals surface area contributed by atoms with E-state index >= 15 is 0 Å². The van der Waals surface area contributed by atoms with Crippen molar-refractivity contribution in [2.24, 2.45) is 23.2 Å². The first-order valence-electron chi connectivity index (χ1n) is 8.93. The summed E-state index contributed by atoms with van der Waals surface area (Å²) in [6.07, 6.45) is 12.6. The standard InChI is InChI=1S/C19H21N3O2/c23-18(17-15-1-2-20-9-16(15)21-11-22-17)24-10-19-6-12-3-13(7-19)5-14(4-12)8-19/h1-2,9,11-14H,3-8,10H2. The molecule has 0 saturated heterocycles. The molecule has 0 N–H and O–H groups in total. The molecule has 24 heavy (non-hydrogen) atoms. The second-order valence-corrected chi connectivity index (χ2v) is 8.11. The zero-order valence-corrected chi connectivity index (χ0v) is 13.6. The topological polar surface area (TPSA) is 65.0 Å². The molecule has 0 atom stereocenters. The van der Waals surface area contributed by atoms with E-state index in [0.29, 0.717) is 23.2 Å². The number of aromatic nitrogens is 3. The minimum absolute atomic E-state index is 0.231. The first-order valence-corrected chi connectivity index (χ1v) is 8.93. The average molecular weight is 323 g/mol. The molecule has 6 rings (SSSR count). The van der Waals surface area contributed by atoms with Crippen LogP contribution in [0.4, 0.5) is 0 Å². The highest BCUT2D eigenvalue weighted by atomic mass is 16.5. The number of fused-ring (bicyclic) bond motifs is 1. The molecule has 0 spiro atoms. The highest BCUT2D eigenvalue weighted by molar-refractivity contribution is 6.00. The van der Waals surface area contributed by atoms with Crippen LogP contribution in [-0.4, -0.2) is 27.5 Å². The van der Waals surface area contributed by atoms with Crippen molar-refractivity contribution in [2.75, 3.05) is 6.61 Å². The van der Waals surface area contributed by atoms with Gasteiger partial charge in [0.1, 0.15) is 6.33 Å². The normalized spacial score (nSPS) is 33.8. The summed E-state index contributed by atoms with van der Waals surface area (Å²) in [6, 6.07) is 1.77. The van der Waals surface area contributed by atoms with E-state index in [1.165, 1.54) is 44.9 Å². The number of ether oxygens (including phenoxy) is 1. The summed E-state index contributed by atoms with van der Waals surface area (Å²) in [5.41, 5.74) is 1.26. The molecule has 124 valence electrons. The fraction of sp³-hybridized carbons (Fsp3) is 0.579. The van der Waals surface area contributed by atoms with Gasteiger partial charge in [-0.1, -0.05) is 0 Å². The van der Waals surface area contributed by atoms with Gasteiger partial charge in [-0.05, 0) is 62.3 Å². The Kier molecular flexibility index (Phi) is 3.12. The number of esters is 1. The molecule has 0 amide bonds. The van der Waals surface area contributed by atoms with Crippen molar-refractivity contribution in [3.05, 3.63) is 30.5 Å². The fourth-order valence-corrected chi connectivity index (χ4v) is 5.82. The Bertz CT molecular complexity index is 764. The molecule has 4 saturated carbocycles. The van der Waals surface area contributed by atoms with Crippen LogP contribution in [-0.2, 0) is 4.74 Å². The zero-order chi connectivity index (χ0) is 16.1. The molecule has 0 aliphatic heterocycles. The van der Waals surface area contributed by atoms with Crippen LogP contribution in [0.2, 0.25) is 0 Å². The summed E-state index contributed by atoms with van der Waals surface area (Å²) >= 11 is 0. The lowest BCUT2D eigenvalue weighted by molar-refractivity contribution is -0.0848. The summed E-state index contributed by atoms with van der Waals surface area (Å²) in [5.74, 6) is 2.26. The smallest absolute Gasteiger partial charge is 0.357 e. The first kappa shape index (κ1) is 14.3. The third-order valence-electron chi connectivity index (χ3n) is 6.31. The van der Waals surface area contributed by atoms with Crippen LogP contribution in [0.15, 0.2) is 24.8 Å². The Morgan fingerprint density at radius 2 is 1.83 bits per heavy atom. The summed E-state index contributed by atoms with van der Waals surface area (Å²) in [7, 11) is 0. The summed E-state index contributed by atoms with van der Waals surface area (Å²) in [4.78, 5) is 25.0. The Hall–Kier alpha value is -2.04. The lowest BCUT2D eigenvalue weighted by Crippen LogP contribution is -2.48. The van der Waals surface area contributed by atoms with E-state index in [9.17, 15) is 4.79 Å². The molecule has 4 fully saturated rings. The van der Waals surface area contributed by atoms with Gasteiger partial charge in [0.2, 0.25) is 0 Å². The molecule has 2 aromatic rings. The first-order chi connectivity index (χ1) is 11.7. The van der Waals surface area contributed by atoms with Gasteiger partial charge in [-0.2, -0.15) is 0 Å². The van der Waals surface area contributed by atoms with Crippen LogP contribution in [0.25, 0.3) is 10.9 Å². The van der Waals surface area contributed by atoms with Crippen LogP contribution < -0.4 is 0 Å². The number of hydrogen-bond acceptors (Lipinski definition) is 5. The molecule has 4 bridgehead atoms. The quantitative estimate of drug-likeness (QED) is 0.810. The van der Waals surface area contributed by atoms with Crippen molar-refractivity contribution in [1.29, 1.82) is 0 Å². The van der Waals surface area contributed by atoms with Gasteiger partial charge in [0.05, 0.1) is 18.3 Å². The van der Waals surface area contributed by atoms with E-state index in [0.717, 1.165) is 17.8 Å². The van der Waals surface area contributed by atoms with Gasteiger partial charge in [-0.3, -0.25) is 4.98 Å². The van der Waals surface area contributed by atoms with E-state index in [2.05, 4.69) is 15.0 Å². The van der Waals surface area contributed by atoms with Crippen molar-refractivity contribution < 1.29 is 9.53 Å². The van der Waals surface area contributed by atoms with Crippen molar-refractivity contribution in [3.63, 3.8) is 0 Å². The van der Waals surface area contributed by atoms with Gasteiger partial charge in [0, 0.05) is 17.0 Å². The minimum Gasteiger partial charge on any atom is -0.460 e. The Morgan fingerprint density at radius 1 is 1.12 bits per heavy atom. The Morgan fingerprint density at radius 3 is 2.54 bits per heavy atom. The molecular formula is C19H21N3O2. The maximum Gasteiger partial charge on any atom is 0.357 e. The third kappa shape index (κ3) is 2.29. The molecule has 4 aliphatic rings. The summed E-state index contributed by atoms with van der Waals surface area (Å²) in [5, 5.41) is 0.711. The number of hydrogen-bond donors (Lipinski definition) is 0. The van der Waals surface area contributed by atoms with E-state index in [1.54, 1.807) is 18.5 Å². The number of nitrogens with zero attached hydrogens (tertiary/aromatic N) is 3. The lowest BCUT2D eigenvalue weighted by Gasteiger charge is -2.56. The average Bonchev–Trinajstić information content (AvgIpc) is 2.58. The van der Waals surface area contributed by atoms with Crippen LogP contribution in [0.5, 0.6) is 0 Å². The van der Waals surface area contributed by atoms with Gasteiger partial charge in [-0.15, -0.1) is 0 Å². The van der Waals surface area contributed by atoms with Gasteiger partial charge < -0.3 is 4.74 Å². The maximum absolute atomic E-state index is 12.6. The van der Waals surface area contributed by atoms with Crippen LogP contribution >= 0.6 is 0 Å². The second-order valence-electron chi connectivity index (χ2n) is 8.11. The largest absolute Gasteiger partial charge is 0.460 e. The van der Waals surface area contributed by atoms with E-state index in [4.69, 9.17) is 4.74 Å². The van der Waals surface area contributed by atoms with E-state index < -0.39 is 0 Å². The Balaban J connectivity index is 1.36. The second kappa shape index (κ2) is 5.23. The van der Waals surface area contributed by atoms with Crippen molar-refractivity contribution in [3.8, 4) is 0 Å². The minimum atomic E-state index is -0.329. The molecule has 0 aromatic carbocycles. The molecule has 0 radical (unpaired) electrons. The predicted molar refractivity (Wildman–Crippen MR) is 88.2 cm³/mol. The van der Waals surface area contributed by atoms with Crippen molar-refractivity contribution in [1.82, 2.24) is 15.0 Å². The number of carbonyl (C=O) groups excluding carboxylic acids is 1. The highest BCUT2D eigenvalue weighted by Gasteiger charge is 2.51. The third-order valence-corrected chi connectivity index (χ3v) is 6.31. The summed E-state index contributed by atoms with van der Waals surface area (Å²) < 4.78 is 5.77. The van der Waals surface area contributed by atoms with Crippen molar-refractivity contribution >= 4 is 16.9 Å². The van der Waals surface area contributed by atoms with E-state index in [1.807, 2.05) is 0 Å². The number of rotatable bonds is 3. The molecule has 4 aliphatic carbocycles. The monoisotopic (exact) mass is 323 g/mol. The zero-order valence-electron chi connectivity index (χ0n) is 13.6. The Labute approximate surface area is 140 Å². The van der Waals surface area contributed by atoms with Gasteiger partial charge in [0.15, 0.2) is 5.69 Å². The molecular weight excluding hydrogens is 302 g/mol. The SMILES string of the molecule is O=C(OCC12CC3CC(CC(C3)C1)C2)c1ncnc2cnccc12. The molecule has 0 unspecified atom stereocenters. The molecule has 5 heteroatoms. The van der Waals surface area contributed by atoms with Gasteiger partial charge >= 0.3 is 5.97 Å². The van der Waals surface area contributed by atoms with Gasteiger partial charge in [0.25, 0.3) is 0 Å². The number of carbonyl (C=O) groups is 1. The van der Waals surface area contributed by atoms with Crippen LogP contribution in [0.3, 0.4) is 0 Å². The fourth-order valence-electron chi connectivity index (χ4n) is 5.82. The van der Waals surface area contributed by atoms with E-state index in [-0.39, 0.29) is 11.4 Å². The van der Waals surface area contributed by atoms with Crippen molar-refractivity contribution in [2.45, 2.75) is 38.5 Å². The lowest BCUT2D eigenvalue weighted by atomic mass is 9.50. The van der Waals surface area contributed by atoms with Crippen LogP contribution in [0.1, 0.15) is 49.0 Å². The molecule has 2 heterocycles. The van der Waals surface area contributed by atoms with Gasteiger partial charge in [-0.25, -0.2) is 14.8 Å². The molecule has 5 nitrogen and oxygen atoms in total. The highest BCUT2D eigenvalue weighted by Crippen LogP contribution is 2.60. The molecule has 2 aromatic heterocycles. The summed E-state index contributed by atoms with van der Waals surface area (Å²) in [6.45, 7) is 0.548. The maximum atomic E-state index is 12.6. The predicted octanol–water partition coefficient (Wildman–Crippen LogP) is 3.40. The van der Waals surface area contributed by atoms with Crippen LogP contribution in [0, 0.1) is 23.2 Å². The number of pyridine rings is 1.